The zero-order chi connectivity index (χ0) is 13.9. The Morgan fingerprint density at radius 3 is 2.18 bits per heavy atom. The summed E-state index contributed by atoms with van der Waals surface area (Å²) in [6.07, 6.45) is 0. The fourth-order valence-electron chi connectivity index (χ4n) is 0.888. The first-order valence-corrected chi connectivity index (χ1v) is 6.53. The fourth-order valence-corrected chi connectivity index (χ4v) is 1.98. The van der Waals surface area contributed by atoms with Crippen molar-refractivity contribution in [2.75, 3.05) is 5.75 Å². The number of hydrogen-bond donors (Lipinski definition) is 2. The molecular formula is C9H17NO6S. The van der Waals surface area contributed by atoms with Crippen molar-refractivity contribution >= 4 is 22.0 Å². The van der Waals surface area contributed by atoms with E-state index in [4.69, 9.17) is 9.84 Å². The van der Waals surface area contributed by atoms with Crippen LogP contribution in [0.4, 0.5) is 0 Å². The van der Waals surface area contributed by atoms with E-state index >= 15 is 0 Å². The summed E-state index contributed by atoms with van der Waals surface area (Å²) in [6, 6.07) is -1.29. The Bertz CT molecular complexity index is 394. The van der Waals surface area contributed by atoms with Gasteiger partial charge in [0, 0.05) is 0 Å². The van der Waals surface area contributed by atoms with Crippen LogP contribution < -0.4 is 4.72 Å². The highest BCUT2D eigenvalue weighted by Crippen LogP contribution is 2.07. The van der Waals surface area contributed by atoms with E-state index in [-0.39, 0.29) is 0 Å². The van der Waals surface area contributed by atoms with Crippen LogP contribution in [0.25, 0.3) is 0 Å². The first-order chi connectivity index (χ1) is 7.43. The molecule has 0 fully saturated rings. The number of hydrogen-bond acceptors (Lipinski definition) is 5. The van der Waals surface area contributed by atoms with Gasteiger partial charge in [0.05, 0.1) is 0 Å². The van der Waals surface area contributed by atoms with Crippen LogP contribution in [0.2, 0.25) is 0 Å². The number of rotatable bonds is 5. The summed E-state index contributed by atoms with van der Waals surface area (Å²) in [5.41, 5.74) is -0.787. The molecule has 0 heterocycles. The van der Waals surface area contributed by atoms with Gasteiger partial charge >= 0.3 is 11.9 Å². The van der Waals surface area contributed by atoms with Crippen LogP contribution in [-0.2, 0) is 24.3 Å². The molecule has 0 aliphatic rings. The third-order valence-electron chi connectivity index (χ3n) is 1.45. The van der Waals surface area contributed by atoms with Gasteiger partial charge < -0.3 is 9.84 Å². The van der Waals surface area contributed by atoms with Gasteiger partial charge in [-0.05, 0) is 27.7 Å². The molecule has 0 aliphatic carbocycles. The maximum absolute atomic E-state index is 11.4. The second kappa shape index (κ2) is 5.46. The van der Waals surface area contributed by atoms with Crippen molar-refractivity contribution in [1.29, 1.82) is 0 Å². The quantitative estimate of drug-likeness (QED) is 0.663. The summed E-state index contributed by atoms with van der Waals surface area (Å²) in [5, 5.41) is 8.52. The Kier molecular flexibility index (Phi) is 5.09. The molecular weight excluding hydrogens is 250 g/mol. The molecule has 17 heavy (non-hydrogen) atoms. The van der Waals surface area contributed by atoms with E-state index in [1.807, 2.05) is 4.72 Å². The molecule has 100 valence electrons. The Hall–Kier alpha value is -1.15. The minimum Gasteiger partial charge on any atom is -0.480 e. The van der Waals surface area contributed by atoms with Gasteiger partial charge in [-0.15, -0.1) is 0 Å². The second-order valence-electron chi connectivity index (χ2n) is 4.52. The highest BCUT2D eigenvalue weighted by atomic mass is 32.2. The number of sulfonamides is 1. The van der Waals surface area contributed by atoms with Gasteiger partial charge in [-0.25, -0.2) is 13.1 Å². The first kappa shape index (κ1) is 15.9. The molecule has 0 rings (SSSR count). The van der Waals surface area contributed by atoms with E-state index in [9.17, 15) is 18.0 Å². The Labute approximate surface area is 100 Å². The number of aliphatic carboxylic acids is 1. The number of esters is 1. The molecule has 0 amide bonds. The molecule has 0 radical (unpaired) electrons. The minimum absolute atomic E-state index is 0.787. The summed E-state index contributed by atoms with van der Waals surface area (Å²) in [6.45, 7) is 5.97. The van der Waals surface area contributed by atoms with Gasteiger partial charge in [0.2, 0.25) is 10.0 Å². The number of carbonyl (C=O) groups is 2. The first-order valence-electron chi connectivity index (χ1n) is 4.87. The predicted octanol–water partition coefficient (Wildman–Crippen LogP) is -0.279. The number of carbonyl (C=O) groups excluding carboxylic acids is 1. The molecule has 0 saturated carbocycles. The molecule has 1 unspecified atom stereocenters. The average molecular weight is 267 g/mol. The number of nitrogens with one attached hydrogen (secondary N) is 1. The number of carboxylic acids is 1. The van der Waals surface area contributed by atoms with Crippen LogP contribution in [0.5, 0.6) is 0 Å². The summed E-state index contributed by atoms with van der Waals surface area (Å²) < 4.78 is 29.4. The molecule has 8 heteroatoms. The molecule has 7 nitrogen and oxygen atoms in total. The van der Waals surface area contributed by atoms with Crippen LogP contribution in [0, 0.1) is 0 Å². The van der Waals surface area contributed by atoms with Crippen LogP contribution in [0.1, 0.15) is 27.7 Å². The zero-order valence-electron chi connectivity index (χ0n) is 10.2. The van der Waals surface area contributed by atoms with Gasteiger partial charge in [0.15, 0.2) is 5.75 Å². The normalized spacial score (nSPS) is 14.1. The van der Waals surface area contributed by atoms with E-state index < -0.39 is 39.4 Å². The van der Waals surface area contributed by atoms with Crippen molar-refractivity contribution in [3.63, 3.8) is 0 Å². The van der Waals surface area contributed by atoms with E-state index in [2.05, 4.69) is 0 Å². The summed E-state index contributed by atoms with van der Waals surface area (Å²) in [4.78, 5) is 21.7. The van der Waals surface area contributed by atoms with Gasteiger partial charge in [0.25, 0.3) is 0 Å². The van der Waals surface area contributed by atoms with Crippen LogP contribution in [0.15, 0.2) is 0 Å². The molecule has 0 aromatic rings. The number of carboxylic acid groups (broad SMARTS) is 1. The van der Waals surface area contributed by atoms with E-state index in [0.29, 0.717) is 0 Å². The molecule has 0 aromatic carbocycles. The molecule has 2 N–H and O–H groups in total. The third-order valence-corrected chi connectivity index (χ3v) is 2.78. The second-order valence-corrected chi connectivity index (χ2v) is 6.28. The average Bonchev–Trinajstić information content (AvgIpc) is 1.96. The molecule has 0 bridgehead atoms. The molecule has 1 atom stereocenters. The lowest BCUT2D eigenvalue weighted by Crippen LogP contribution is -2.42. The van der Waals surface area contributed by atoms with Crippen LogP contribution in [-0.4, -0.2) is 42.9 Å². The summed E-state index contributed by atoms with van der Waals surface area (Å²) in [5.74, 6) is -3.15. The Morgan fingerprint density at radius 1 is 1.35 bits per heavy atom. The van der Waals surface area contributed by atoms with Crippen molar-refractivity contribution in [2.24, 2.45) is 0 Å². The smallest absolute Gasteiger partial charge is 0.323 e. The summed E-state index contributed by atoms with van der Waals surface area (Å²) in [7, 11) is -4.00. The molecule has 0 spiro atoms. The van der Waals surface area contributed by atoms with Crippen molar-refractivity contribution in [3.05, 3.63) is 0 Å². The SMILES string of the molecule is CC(NS(=O)(=O)CC(=O)OC(C)(C)C)C(=O)O. The van der Waals surface area contributed by atoms with E-state index in [0.717, 1.165) is 6.92 Å². The van der Waals surface area contributed by atoms with Crippen molar-refractivity contribution in [1.82, 2.24) is 4.72 Å². The van der Waals surface area contributed by atoms with Crippen LogP contribution in [0.3, 0.4) is 0 Å². The molecule has 0 aromatic heterocycles. The maximum atomic E-state index is 11.4. The topological polar surface area (TPSA) is 110 Å². The van der Waals surface area contributed by atoms with E-state index in [1.165, 1.54) is 0 Å². The Morgan fingerprint density at radius 2 is 1.82 bits per heavy atom. The lowest BCUT2D eigenvalue weighted by molar-refractivity contribution is -0.151. The third kappa shape index (κ3) is 7.70. The van der Waals surface area contributed by atoms with E-state index in [1.54, 1.807) is 20.8 Å². The summed E-state index contributed by atoms with van der Waals surface area (Å²) >= 11 is 0. The lowest BCUT2D eigenvalue weighted by Gasteiger charge is -2.19. The standard InChI is InChI=1S/C9H17NO6S/c1-6(8(12)13)10-17(14,15)5-7(11)16-9(2,3)4/h6,10H,5H2,1-4H3,(H,12,13). The minimum atomic E-state index is -4.00. The van der Waals surface area contributed by atoms with Gasteiger partial charge in [0.1, 0.15) is 11.6 Å². The van der Waals surface area contributed by atoms with Crippen LogP contribution >= 0.6 is 0 Å². The fraction of sp³-hybridized carbons (Fsp3) is 0.778. The molecule has 0 aliphatic heterocycles. The van der Waals surface area contributed by atoms with Gasteiger partial charge in [-0.1, -0.05) is 0 Å². The largest absolute Gasteiger partial charge is 0.480 e. The monoisotopic (exact) mass is 267 g/mol. The highest BCUT2D eigenvalue weighted by Gasteiger charge is 2.25. The lowest BCUT2D eigenvalue weighted by atomic mass is 10.2. The van der Waals surface area contributed by atoms with Crippen molar-refractivity contribution in [3.8, 4) is 0 Å². The predicted molar refractivity (Wildman–Crippen MR) is 59.9 cm³/mol. The number of ether oxygens (including phenoxy) is 1. The highest BCUT2D eigenvalue weighted by molar-refractivity contribution is 7.90. The van der Waals surface area contributed by atoms with Gasteiger partial charge in [-0.3, -0.25) is 9.59 Å². The van der Waals surface area contributed by atoms with Crippen molar-refractivity contribution in [2.45, 2.75) is 39.3 Å². The zero-order valence-corrected chi connectivity index (χ0v) is 11.0. The molecule has 0 saturated heterocycles. The maximum Gasteiger partial charge on any atom is 0.323 e. The van der Waals surface area contributed by atoms with Crippen molar-refractivity contribution < 1.29 is 27.9 Å². The Balaban J connectivity index is 4.47. The van der Waals surface area contributed by atoms with Gasteiger partial charge in [-0.2, -0.15) is 0 Å².